The number of allylic oxidation sites excluding steroid dienone is 3. The van der Waals surface area contributed by atoms with Crippen LogP contribution in [0.4, 0.5) is 5.69 Å². The van der Waals surface area contributed by atoms with Gasteiger partial charge >= 0.3 is 0 Å². The third-order valence-corrected chi connectivity index (χ3v) is 3.29. The highest BCUT2D eigenvalue weighted by molar-refractivity contribution is 5.58. The number of benzene rings is 1. The summed E-state index contributed by atoms with van der Waals surface area (Å²) in [6, 6.07) is 11.1. The summed E-state index contributed by atoms with van der Waals surface area (Å²) in [4.78, 5) is 2.41. The van der Waals surface area contributed by atoms with Gasteiger partial charge in [0.25, 0.3) is 0 Å². The number of hydrogen-bond donors (Lipinski definition) is 0. The Kier molecular flexibility index (Phi) is 2.17. The van der Waals surface area contributed by atoms with Crippen molar-refractivity contribution in [2.75, 3.05) is 4.90 Å². The zero-order valence-electron chi connectivity index (χ0n) is 9.38. The van der Waals surface area contributed by atoms with Crippen LogP contribution in [0.2, 0.25) is 0 Å². The van der Waals surface area contributed by atoms with Crippen LogP contribution in [0, 0.1) is 5.92 Å². The van der Waals surface area contributed by atoms with Gasteiger partial charge in [-0.25, -0.2) is 0 Å². The lowest BCUT2D eigenvalue weighted by Crippen LogP contribution is -2.32. The monoisotopic (exact) mass is 209 g/mol. The summed E-state index contributed by atoms with van der Waals surface area (Å²) >= 11 is 0. The number of anilines is 1. The largest absolute Gasteiger partial charge is 0.338 e. The lowest BCUT2D eigenvalue weighted by atomic mass is 9.97. The smallest absolute Gasteiger partial charge is 0.0620 e. The molecule has 2 unspecified atom stereocenters. The van der Waals surface area contributed by atoms with Gasteiger partial charge < -0.3 is 4.90 Å². The van der Waals surface area contributed by atoms with Gasteiger partial charge in [-0.2, -0.15) is 0 Å². The minimum absolute atomic E-state index is 0.465. The van der Waals surface area contributed by atoms with Crippen LogP contribution < -0.4 is 4.90 Å². The van der Waals surface area contributed by atoms with Crippen molar-refractivity contribution in [2.24, 2.45) is 5.92 Å². The van der Waals surface area contributed by atoms with Crippen LogP contribution in [0.15, 0.2) is 66.4 Å². The molecule has 0 N–H and O–H groups in total. The van der Waals surface area contributed by atoms with Crippen molar-refractivity contribution in [3.63, 3.8) is 0 Å². The molecule has 0 bridgehead atoms. The van der Waals surface area contributed by atoms with Crippen molar-refractivity contribution in [1.82, 2.24) is 0 Å². The summed E-state index contributed by atoms with van der Waals surface area (Å²) in [7, 11) is 0. The van der Waals surface area contributed by atoms with Crippen molar-refractivity contribution in [2.45, 2.75) is 13.0 Å². The Hall–Kier alpha value is -1.76. The number of nitrogens with zero attached hydrogens (tertiary/aromatic N) is 1. The molecule has 0 aromatic heterocycles. The maximum atomic E-state index is 2.41. The van der Waals surface area contributed by atoms with E-state index in [1.807, 2.05) is 0 Å². The van der Waals surface area contributed by atoms with Crippen LogP contribution in [0.3, 0.4) is 0 Å². The standard InChI is InChI=1S/C15H15N/c1-12-11-13-7-5-6-10-15(13)16(12)14-8-3-2-4-9-14/h2-11,13,15H,1H3. The molecule has 0 saturated heterocycles. The number of para-hydroxylation sites is 1. The van der Waals surface area contributed by atoms with E-state index in [-0.39, 0.29) is 0 Å². The number of fused-ring (bicyclic) bond motifs is 1. The lowest BCUT2D eigenvalue weighted by molar-refractivity contribution is 0.696. The van der Waals surface area contributed by atoms with Gasteiger partial charge in [0, 0.05) is 17.3 Å². The maximum absolute atomic E-state index is 2.41. The Morgan fingerprint density at radius 1 is 1.00 bits per heavy atom. The Morgan fingerprint density at radius 3 is 2.56 bits per heavy atom. The first-order valence-corrected chi connectivity index (χ1v) is 5.74. The molecule has 1 aliphatic carbocycles. The van der Waals surface area contributed by atoms with E-state index in [4.69, 9.17) is 0 Å². The quantitative estimate of drug-likeness (QED) is 0.684. The highest BCUT2D eigenvalue weighted by Crippen LogP contribution is 2.35. The first-order chi connectivity index (χ1) is 7.86. The van der Waals surface area contributed by atoms with Crippen LogP contribution in [-0.4, -0.2) is 6.04 Å². The molecule has 1 heterocycles. The molecule has 0 amide bonds. The lowest BCUT2D eigenvalue weighted by Gasteiger charge is -2.29. The fourth-order valence-electron chi connectivity index (χ4n) is 2.58. The second-order valence-corrected chi connectivity index (χ2v) is 4.35. The molecule has 0 saturated carbocycles. The minimum Gasteiger partial charge on any atom is -0.338 e. The normalized spacial score (nSPS) is 26.8. The zero-order valence-corrected chi connectivity index (χ0v) is 9.38. The van der Waals surface area contributed by atoms with Crippen molar-refractivity contribution in [1.29, 1.82) is 0 Å². The average molecular weight is 209 g/mol. The third kappa shape index (κ3) is 1.40. The van der Waals surface area contributed by atoms with E-state index < -0.39 is 0 Å². The van der Waals surface area contributed by atoms with Gasteiger partial charge in [-0.1, -0.05) is 48.6 Å². The third-order valence-electron chi connectivity index (χ3n) is 3.29. The second kappa shape index (κ2) is 3.67. The first kappa shape index (κ1) is 9.46. The molecule has 0 spiro atoms. The molecule has 1 aromatic carbocycles. The molecular weight excluding hydrogens is 194 g/mol. The first-order valence-electron chi connectivity index (χ1n) is 5.74. The van der Waals surface area contributed by atoms with E-state index in [1.165, 1.54) is 11.4 Å². The molecule has 16 heavy (non-hydrogen) atoms. The van der Waals surface area contributed by atoms with Gasteiger partial charge in [-0.3, -0.25) is 0 Å². The molecular formula is C15H15N. The van der Waals surface area contributed by atoms with Crippen molar-refractivity contribution < 1.29 is 0 Å². The van der Waals surface area contributed by atoms with Crippen LogP contribution in [-0.2, 0) is 0 Å². The predicted octanol–water partition coefficient (Wildman–Crippen LogP) is 3.52. The zero-order chi connectivity index (χ0) is 11.0. The number of rotatable bonds is 1. The van der Waals surface area contributed by atoms with Crippen LogP contribution in [0.25, 0.3) is 0 Å². The van der Waals surface area contributed by atoms with Crippen molar-refractivity contribution in [3.05, 3.63) is 66.4 Å². The summed E-state index contributed by atoms with van der Waals surface area (Å²) in [5.41, 5.74) is 2.63. The molecule has 2 atom stereocenters. The summed E-state index contributed by atoms with van der Waals surface area (Å²) in [6.45, 7) is 2.19. The summed E-state index contributed by atoms with van der Waals surface area (Å²) in [6.07, 6.45) is 11.2. The molecule has 0 fully saturated rings. The van der Waals surface area contributed by atoms with Gasteiger partial charge in [-0.05, 0) is 19.1 Å². The van der Waals surface area contributed by atoms with E-state index in [0.717, 1.165) is 0 Å². The Balaban J connectivity index is 2.00. The van der Waals surface area contributed by atoms with Crippen LogP contribution in [0.1, 0.15) is 6.92 Å². The van der Waals surface area contributed by atoms with E-state index in [1.54, 1.807) is 0 Å². The molecule has 80 valence electrons. The van der Waals surface area contributed by atoms with Crippen molar-refractivity contribution in [3.8, 4) is 0 Å². The highest BCUT2D eigenvalue weighted by atomic mass is 15.2. The molecule has 3 rings (SSSR count). The fraction of sp³-hybridized carbons (Fsp3) is 0.200. The molecule has 1 aromatic rings. The summed E-state index contributed by atoms with van der Waals surface area (Å²) in [5.74, 6) is 0.533. The van der Waals surface area contributed by atoms with E-state index >= 15 is 0 Å². The molecule has 1 heteroatoms. The summed E-state index contributed by atoms with van der Waals surface area (Å²) in [5, 5.41) is 0. The van der Waals surface area contributed by atoms with Gasteiger partial charge in [0.1, 0.15) is 0 Å². The van der Waals surface area contributed by atoms with Gasteiger partial charge in [0.15, 0.2) is 0 Å². The van der Waals surface area contributed by atoms with Crippen LogP contribution in [0.5, 0.6) is 0 Å². The van der Waals surface area contributed by atoms with Crippen molar-refractivity contribution >= 4 is 5.69 Å². The maximum Gasteiger partial charge on any atom is 0.0620 e. The van der Waals surface area contributed by atoms with E-state index in [9.17, 15) is 0 Å². The predicted molar refractivity (Wildman–Crippen MR) is 68.2 cm³/mol. The molecule has 1 nitrogen and oxygen atoms in total. The fourth-order valence-corrected chi connectivity index (χ4v) is 2.58. The van der Waals surface area contributed by atoms with Gasteiger partial charge in [0.2, 0.25) is 0 Å². The van der Waals surface area contributed by atoms with Gasteiger partial charge in [0.05, 0.1) is 6.04 Å². The average Bonchev–Trinajstić information content (AvgIpc) is 2.66. The van der Waals surface area contributed by atoms with Gasteiger partial charge in [-0.15, -0.1) is 0 Å². The van der Waals surface area contributed by atoms with E-state index in [0.29, 0.717) is 12.0 Å². The Labute approximate surface area is 96.4 Å². The number of hydrogen-bond acceptors (Lipinski definition) is 1. The molecule has 0 radical (unpaired) electrons. The molecule has 2 aliphatic rings. The highest BCUT2D eigenvalue weighted by Gasteiger charge is 2.30. The SMILES string of the molecule is CC1=CC2C=CC=CC2N1c1ccccc1. The van der Waals surface area contributed by atoms with Crippen LogP contribution >= 0.6 is 0 Å². The van der Waals surface area contributed by atoms with E-state index in [2.05, 4.69) is 72.5 Å². The topological polar surface area (TPSA) is 3.24 Å². The Morgan fingerprint density at radius 2 is 1.75 bits per heavy atom. The Bertz CT molecular complexity index is 467. The molecule has 1 aliphatic heterocycles. The minimum atomic E-state index is 0.465. The second-order valence-electron chi connectivity index (χ2n) is 4.35. The summed E-state index contributed by atoms with van der Waals surface area (Å²) < 4.78 is 0.